The van der Waals surface area contributed by atoms with Gasteiger partial charge in [-0.05, 0) is 74.6 Å². The zero-order valence-corrected chi connectivity index (χ0v) is 18.3. The molecule has 0 unspecified atom stereocenters. The van der Waals surface area contributed by atoms with Gasteiger partial charge in [-0.2, -0.15) is 13.7 Å². The van der Waals surface area contributed by atoms with E-state index in [1.165, 1.54) is 20.0 Å². The summed E-state index contributed by atoms with van der Waals surface area (Å²) in [7, 11) is -4.18. The molecule has 158 valence electrons. The van der Waals surface area contributed by atoms with Crippen LogP contribution in [0.2, 0.25) is 0 Å². The number of urea groups is 1. The summed E-state index contributed by atoms with van der Waals surface area (Å²) in [5.41, 5.74) is 4.00. The van der Waals surface area contributed by atoms with Gasteiger partial charge in [-0.25, -0.2) is 14.5 Å². The summed E-state index contributed by atoms with van der Waals surface area (Å²) in [5.74, 6) is 0. The minimum absolute atomic E-state index is 0.287. The van der Waals surface area contributed by atoms with Crippen LogP contribution in [0, 0.1) is 11.3 Å². The van der Waals surface area contributed by atoms with Crippen molar-refractivity contribution in [1.29, 1.82) is 5.26 Å². The highest BCUT2D eigenvalue weighted by molar-refractivity contribution is 7.92. The van der Waals surface area contributed by atoms with Crippen molar-refractivity contribution in [2.24, 2.45) is 0 Å². The lowest BCUT2D eigenvalue weighted by Gasteiger charge is -2.18. The Morgan fingerprint density at radius 2 is 1.73 bits per heavy atom. The number of rotatable bonds is 4. The van der Waals surface area contributed by atoms with Crippen molar-refractivity contribution in [1.82, 2.24) is 9.71 Å². The Hall–Kier alpha value is -2.48. The van der Waals surface area contributed by atoms with E-state index in [1.54, 1.807) is 0 Å². The van der Waals surface area contributed by atoms with Crippen LogP contribution in [0.25, 0.3) is 0 Å². The molecule has 0 bridgehead atoms. The molecule has 10 heteroatoms. The molecule has 4 rings (SSSR count). The third-order valence-corrected chi connectivity index (χ3v) is 8.57. The monoisotopic (exact) mass is 446 g/mol. The first-order valence-corrected chi connectivity index (χ1v) is 12.0. The summed E-state index contributed by atoms with van der Waals surface area (Å²) in [4.78, 5) is 16.8. The first-order chi connectivity index (χ1) is 14.1. The number of hydrogen-bond acceptors (Lipinski definition) is 7. The number of thiazole rings is 1. The van der Waals surface area contributed by atoms with Gasteiger partial charge < -0.3 is 10.4 Å². The van der Waals surface area contributed by atoms with Gasteiger partial charge in [0.05, 0.1) is 22.1 Å². The van der Waals surface area contributed by atoms with Crippen molar-refractivity contribution >= 4 is 33.1 Å². The summed E-state index contributed by atoms with van der Waals surface area (Å²) in [6, 6.07) is 1.47. The Morgan fingerprint density at radius 3 is 2.23 bits per heavy atom. The van der Waals surface area contributed by atoms with Crippen molar-refractivity contribution < 1.29 is 18.3 Å². The van der Waals surface area contributed by atoms with E-state index in [4.69, 9.17) is 0 Å². The second kappa shape index (κ2) is 7.34. The fourth-order valence-corrected chi connectivity index (χ4v) is 6.27. The number of hydrogen-bond donors (Lipinski definition) is 3. The predicted octanol–water partition coefficient (Wildman–Crippen LogP) is 2.73. The van der Waals surface area contributed by atoms with Gasteiger partial charge in [0.25, 0.3) is 10.0 Å². The van der Waals surface area contributed by atoms with Gasteiger partial charge in [0.1, 0.15) is 0 Å². The molecule has 8 nitrogen and oxygen atoms in total. The largest absolute Gasteiger partial charge is 0.385 e. The summed E-state index contributed by atoms with van der Waals surface area (Å²) in [6.45, 7) is 3.06. The van der Waals surface area contributed by atoms with Crippen molar-refractivity contribution in [2.75, 3.05) is 5.32 Å². The van der Waals surface area contributed by atoms with Crippen molar-refractivity contribution in [2.45, 2.75) is 62.3 Å². The molecule has 0 fully saturated rings. The predicted molar refractivity (Wildman–Crippen MR) is 112 cm³/mol. The molecule has 0 radical (unpaired) electrons. The molecule has 1 aromatic heterocycles. The van der Waals surface area contributed by atoms with Crippen molar-refractivity contribution in [3.63, 3.8) is 0 Å². The minimum atomic E-state index is -4.18. The van der Waals surface area contributed by atoms with E-state index >= 15 is 0 Å². The minimum Gasteiger partial charge on any atom is -0.385 e. The highest BCUT2D eigenvalue weighted by atomic mass is 32.2. The Morgan fingerprint density at radius 1 is 1.17 bits per heavy atom. The summed E-state index contributed by atoms with van der Waals surface area (Å²) >= 11 is 0.813. The molecule has 1 heterocycles. The van der Waals surface area contributed by atoms with Crippen molar-refractivity contribution in [3.05, 3.63) is 38.9 Å². The number of anilines is 1. The van der Waals surface area contributed by atoms with Crippen LogP contribution in [-0.2, 0) is 41.3 Å². The third kappa shape index (κ3) is 3.57. The quantitative estimate of drug-likeness (QED) is 0.661. The van der Waals surface area contributed by atoms with Crippen LogP contribution in [0.1, 0.15) is 59.4 Å². The normalized spacial score (nSPS) is 15.4. The maximum absolute atomic E-state index is 12.6. The topological polar surface area (TPSA) is 132 Å². The molecule has 0 saturated carbocycles. The highest BCUT2D eigenvalue weighted by Crippen LogP contribution is 2.41. The molecular formula is C20H22N4O4S2. The van der Waals surface area contributed by atoms with Crippen molar-refractivity contribution in [3.8, 4) is 6.07 Å². The second-order valence-corrected chi connectivity index (χ2v) is 11.0. The number of nitrogens with zero attached hydrogens (tertiary/aromatic N) is 2. The smallest absolute Gasteiger partial charge is 0.333 e. The maximum Gasteiger partial charge on any atom is 0.333 e. The number of sulfonamides is 1. The number of carbonyl (C=O) groups is 1. The standard InChI is InChI=1S/C20H22N4O4S2/c1-20(2,26)16-10-22-19(29-16)30(27,28)24-18(25)23-17-13-7-3-5-11(13)15(9-21)12-6-4-8-14(12)17/h10,26H,3-8H2,1-2H3,(H2,23,24,25). The fraction of sp³-hybridized carbons (Fsp3) is 0.450. The second-order valence-electron chi connectivity index (χ2n) is 8.09. The summed E-state index contributed by atoms with van der Waals surface area (Å²) in [6.07, 6.45) is 6.18. The molecular weight excluding hydrogens is 424 g/mol. The Kier molecular flexibility index (Phi) is 5.08. The van der Waals surface area contributed by atoms with Crippen LogP contribution in [-0.4, -0.2) is 24.5 Å². The van der Waals surface area contributed by atoms with Gasteiger partial charge in [-0.15, -0.1) is 11.3 Å². The molecule has 0 atom stereocenters. The SMILES string of the molecule is CC(C)(O)c1cnc(S(=O)(=O)NC(=O)Nc2c3c(c(C#N)c4c2CCC4)CCC3)s1. The lowest BCUT2D eigenvalue weighted by atomic mass is 9.93. The van der Waals surface area contributed by atoms with Gasteiger partial charge in [0, 0.05) is 11.9 Å². The van der Waals surface area contributed by atoms with Crippen LogP contribution in [0.4, 0.5) is 10.5 Å². The first-order valence-electron chi connectivity index (χ1n) is 9.74. The van der Waals surface area contributed by atoms with Crippen LogP contribution in [0.15, 0.2) is 10.5 Å². The van der Waals surface area contributed by atoms with Gasteiger partial charge in [-0.3, -0.25) is 0 Å². The van der Waals surface area contributed by atoms with Crippen LogP contribution in [0.5, 0.6) is 0 Å². The molecule has 2 amide bonds. The third-order valence-electron chi connectivity index (χ3n) is 5.54. The van der Waals surface area contributed by atoms with E-state index in [0.29, 0.717) is 10.6 Å². The van der Waals surface area contributed by atoms with E-state index in [9.17, 15) is 23.6 Å². The number of carbonyl (C=O) groups excluding carboxylic acids is 1. The molecule has 0 spiro atoms. The lowest BCUT2D eigenvalue weighted by Crippen LogP contribution is -2.35. The molecule has 3 N–H and O–H groups in total. The number of aromatic nitrogens is 1. The zero-order chi connectivity index (χ0) is 21.7. The van der Waals surface area contributed by atoms with Crippen LogP contribution >= 0.6 is 11.3 Å². The fourth-order valence-electron chi connectivity index (χ4n) is 4.21. The van der Waals surface area contributed by atoms with Gasteiger partial charge in [0.2, 0.25) is 4.34 Å². The molecule has 1 aromatic carbocycles. The van der Waals surface area contributed by atoms with Gasteiger partial charge >= 0.3 is 6.03 Å². The molecule has 2 aromatic rings. The Labute approximate surface area is 179 Å². The number of benzene rings is 1. The lowest BCUT2D eigenvalue weighted by molar-refractivity contribution is 0.0823. The average Bonchev–Trinajstić information content (AvgIpc) is 3.40. The van der Waals surface area contributed by atoms with E-state index in [0.717, 1.165) is 77.7 Å². The number of nitriles is 1. The molecule has 2 aliphatic carbocycles. The Balaban J connectivity index is 1.61. The number of fused-ring (bicyclic) bond motifs is 2. The summed E-state index contributed by atoms with van der Waals surface area (Å²) in [5, 5.41) is 22.4. The number of nitrogens with one attached hydrogen (secondary N) is 2. The van der Waals surface area contributed by atoms with Crippen LogP contribution < -0.4 is 10.0 Å². The molecule has 0 saturated heterocycles. The van der Waals surface area contributed by atoms with E-state index in [2.05, 4.69) is 16.4 Å². The molecule has 0 aliphatic heterocycles. The Bertz CT molecular complexity index is 1150. The zero-order valence-electron chi connectivity index (χ0n) is 16.7. The average molecular weight is 447 g/mol. The van der Waals surface area contributed by atoms with Gasteiger partial charge in [0.15, 0.2) is 0 Å². The van der Waals surface area contributed by atoms with Gasteiger partial charge in [-0.1, -0.05) is 0 Å². The first kappa shape index (κ1) is 20.8. The number of amides is 2. The van der Waals surface area contributed by atoms with E-state index in [-0.39, 0.29) is 4.34 Å². The molecule has 2 aliphatic rings. The maximum atomic E-state index is 12.6. The summed E-state index contributed by atoms with van der Waals surface area (Å²) < 4.78 is 26.9. The highest BCUT2D eigenvalue weighted by Gasteiger charge is 2.31. The van der Waals surface area contributed by atoms with Crippen LogP contribution in [0.3, 0.4) is 0 Å². The van der Waals surface area contributed by atoms with E-state index in [1.807, 2.05) is 4.72 Å². The number of aliphatic hydroxyl groups is 1. The molecule has 30 heavy (non-hydrogen) atoms. The van der Waals surface area contributed by atoms with E-state index < -0.39 is 21.7 Å².